The SMILES string of the molecule is CCC1C=C(C(C)(C)C)C=[C]1[Zr](=[C]1CCCCC1)[CH]1c2cc3c(cc2-c2cc4c(cc21)C(C)(C)C=C4C)C(C)=CC3(C)C. The van der Waals surface area contributed by atoms with Crippen molar-refractivity contribution >= 4 is 14.4 Å². The van der Waals surface area contributed by atoms with Crippen LogP contribution in [0, 0.1) is 11.3 Å². The summed E-state index contributed by atoms with van der Waals surface area (Å²) in [4.78, 5) is 0. The molecule has 7 rings (SSSR count). The summed E-state index contributed by atoms with van der Waals surface area (Å²) in [5.41, 5.74) is 17.4. The van der Waals surface area contributed by atoms with Gasteiger partial charge in [-0.05, 0) is 0 Å². The van der Waals surface area contributed by atoms with Gasteiger partial charge in [0.15, 0.2) is 0 Å². The summed E-state index contributed by atoms with van der Waals surface area (Å²) >= 11 is -2.40. The fourth-order valence-electron chi connectivity index (χ4n) is 9.30. The van der Waals surface area contributed by atoms with E-state index in [-0.39, 0.29) is 16.2 Å². The van der Waals surface area contributed by atoms with Gasteiger partial charge in [-0.25, -0.2) is 0 Å². The predicted octanol–water partition coefficient (Wildman–Crippen LogP) is 11.8. The molecule has 1 fully saturated rings. The van der Waals surface area contributed by atoms with E-state index in [0.29, 0.717) is 9.54 Å². The van der Waals surface area contributed by atoms with Gasteiger partial charge in [0.25, 0.3) is 0 Å². The zero-order chi connectivity index (χ0) is 30.6. The molecule has 1 atom stereocenters. The van der Waals surface area contributed by atoms with Crippen LogP contribution in [0.3, 0.4) is 0 Å². The normalized spacial score (nSPS) is 23.3. The van der Waals surface area contributed by atoms with Crippen LogP contribution in [0.5, 0.6) is 0 Å². The minimum absolute atomic E-state index is 0.0951. The maximum absolute atomic E-state index is 2.76. The second kappa shape index (κ2) is 10.1. The molecule has 0 radical (unpaired) electrons. The molecule has 0 N–H and O–H groups in total. The van der Waals surface area contributed by atoms with Crippen molar-refractivity contribution in [3.63, 3.8) is 0 Å². The van der Waals surface area contributed by atoms with Gasteiger partial charge >= 0.3 is 271 Å². The van der Waals surface area contributed by atoms with Crippen LogP contribution in [0.1, 0.15) is 145 Å². The monoisotopic (exact) mass is 646 g/mol. The van der Waals surface area contributed by atoms with Crippen LogP contribution in [-0.2, 0) is 32.1 Å². The zero-order valence-electron chi connectivity index (χ0n) is 28.5. The second-order valence-corrected chi connectivity index (χ2v) is 23.2. The van der Waals surface area contributed by atoms with E-state index < -0.39 is 21.3 Å². The van der Waals surface area contributed by atoms with Crippen LogP contribution < -0.4 is 0 Å². The van der Waals surface area contributed by atoms with Gasteiger partial charge in [0.1, 0.15) is 0 Å². The van der Waals surface area contributed by atoms with Crippen molar-refractivity contribution in [3.8, 4) is 11.1 Å². The van der Waals surface area contributed by atoms with E-state index in [1.54, 1.807) is 39.0 Å². The van der Waals surface area contributed by atoms with Gasteiger partial charge in [0.2, 0.25) is 0 Å². The van der Waals surface area contributed by atoms with Crippen molar-refractivity contribution in [2.45, 2.75) is 122 Å². The van der Waals surface area contributed by atoms with Crippen LogP contribution in [-0.4, -0.2) is 3.21 Å². The molecule has 0 saturated heterocycles. The fraction of sp³-hybridized carbons (Fsp3) is 0.500. The first-order valence-electron chi connectivity index (χ1n) is 17.1. The van der Waals surface area contributed by atoms with Crippen molar-refractivity contribution in [3.05, 3.63) is 90.8 Å². The van der Waals surface area contributed by atoms with Gasteiger partial charge in [0, 0.05) is 0 Å². The van der Waals surface area contributed by atoms with E-state index >= 15 is 0 Å². The standard InChI is InChI=1S/C25H25.C11H17.C6H10.Zr/c1-14-12-24(3,4)22-8-16-7-17-9-23-19(15(2)13-25(23,5)6)11-21(17)20(16)10-18(14)22;1-5-9-6-7-10(8-9)11(2,3)4;1-2-4-6-5-3-1;/h7-13H,1-6H3;7-9H,5H2,1-4H3;1-5H2;. The van der Waals surface area contributed by atoms with Crippen LogP contribution in [0.25, 0.3) is 22.3 Å². The molecule has 0 heterocycles. The molecule has 1 heteroatoms. The Hall–Kier alpha value is -1.85. The molecule has 0 bridgehead atoms. The molecule has 2 aromatic rings. The molecule has 1 unspecified atom stereocenters. The number of hydrogen-bond donors (Lipinski definition) is 0. The first kappa shape index (κ1) is 29.8. The molecular formula is C42H52Zr. The predicted molar refractivity (Wildman–Crippen MR) is 185 cm³/mol. The molecule has 0 aliphatic heterocycles. The Morgan fingerprint density at radius 2 is 1.26 bits per heavy atom. The first-order valence-corrected chi connectivity index (χ1v) is 21.0. The minimum atomic E-state index is -2.40. The Labute approximate surface area is 269 Å². The van der Waals surface area contributed by atoms with E-state index in [1.165, 1.54) is 60.8 Å². The van der Waals surface area contributed by atoms with E-state index in [1.807, 2.05) is 6.49 Å². The Kier molecular flexibility index (Phi) is 6.99. The molecule has 0 spiro atoms. The average molecular weight is 648 g/mol. The van der Waals surface area contributed by atoms with Gasteiger partial charge in [-0.1, -0.05) is 0 Å². The Morgan fingerprint density at radius 1 is 0.744 bits per heavy atom. The van der Waals surface area contributed by atoms with E-state index in [2.05, 4.69) is 118 Å². The number of hydrogen-bond acceptors (Lipinski definition) is 0. The topological polar surface area (TPSA) is 0 Å². The van der Waals surface area contributed by atoms with E-state index in [0.717, 1.165) is 0 Å². The molecule has 224 valence electrons. The van der Waals surface area contributed by atoms with Crippen LogP contribution in [0.4, 0.5) is 0 Å². The van der Waals surface area contributed by atoms with Crippen LogP contribution in [0.2, 0.25) is 0 Å². The van der Waals surface area contributed by atoms with Crippen molar-refractivity contribution < 1.29 is 21.3 Å². The quantitative estimate of drug-likeness (QED) is 0.311. The molecule has 0 aromatic heterocycles. The van der Waals surface area contributed by atoms with Gasteiger partial charge in [-0.2, -0.15) is 0 Å². The first-order chi connectivity index (χ1) is 20.2. The van der Waals surface area contributed by atoms with Crippen molar-refractivity contribution in [1.82, 2.24) is 0 Å². The third kappa shape index (κ3) is 4.65. The summed E-state index contributed by atoms with van der Waals surface area (Å²) in [5.74, 6) is 0.620. The molecule has 2 aromatic carbocycles. The number of allylic oxidation sites excluding steroid dienone is 8. The molecule has 5 aliphatic carbocycles. The summed E-state index contributed by atoms with van der Waals surface area (Å²) in [5, 5.41) is 0. The number of fused-ring (bicyclic) bond motifs is 5. The second-order valence-electron chi connectivity index (χ2n) is 16.6. The van der Waals surface area contributed by atoms with Gasteiger partial charge in [-0.3, -0.25) is 0 Å². The molecular weight excluding hydrogens is 596 g/mol. The van der Waals surface area contributed by atoms with Gasteiger partial charge in [-0.15, -0.1) is 0 Å². The summed E-state index contributed by atoms with van der Waals surface area (Å²) < 4.78 is 4.50. The summed E-state index contributed by atoms with van der Waals surface area (Å²) in [7, 11) is 0. The molecule has 43 heavy (non-hydrogen) atoms. The van der Waals surface area contributed by atoms with Crippen LogP contribution >= 0.6 is 0 Å². The van der Waals surface area contributed by atoms with Gasteiger partial charge in [0.05, 0.1) is 0 Å². The Bertz CT molecular complexity index is 1630. The van der Waals surface area contributed by atoms with E-state index in [9.17, 15) is 0 Å². The average Bonchev–Trinajstić information content (AvgIpc) is 3.63. The molecule has 0 nitrogen and oxygen atoms in total. The summed E-state index contributed by atoms with van der Waals surface area (Å²) in [6, 6.07) is 10.7. The Morgan fingerprint density at radius 3 is 1.72 bits per heavy atom. The summed E-state index contributed by atoms with van der Waals surface area (Å²) in [6.07, 6.45) is 18.7. The van der Waals surface area contributed by atoms with E-state index in [4.69, 9.17) is 0 Å². The third-order valence-corrected chi connectivity index (χ3v) is 20.4. The Balaban J connectivity index is 1.54. The van der Waals surface area contributed by atoms with Crippen LogP contribution in [0.15, 0.2) is 57.4 Å². The van der Waals surface area contributed by atoms with Crippen molar-refractivity contribution in [1.29, 1.82) is 0 Å². The molecule has 0 amide bonds. The van der Waals surface area contributed by atoms with Crippen molar-refractivity contribution in [2.24, 2.45) is 11.3 Å². The van der Waals surface area contributed by atoms with Gasteiger partial charge < -0.3 is 0 Å². The summed E-state index contributed by atoms with van der Waals surface area (Å²) in [6.45, 7) is 24.1. The fourth-order valence-corrected chi connectivity index (χ4v) is 19.5. The number of rotatable bonds is 3. The molecule has 1 saturated carbocycles. The molecule has 5 aliphatic rings. The number of benzene rings is 2. The third-order valence-electron chi connectivity index (χ3n) is 11.5. The van der Waals surface area contributed by atoms with Crippen molar-refractivity contribution in [2.75, 3.05) is 0 Å². The zero-order valence-corrected chi connectivity index (χ0v) is 31.0. The maximum atomic E-state index is 2.76.